The quantitative estimate of drug-likeness (QED) is 0.658. The van der Waals surface area contributed by atoms with Crippen LogP contribution in [0.4, 0.5) is 5.82 Å². The number of hydrogen-bond donors (Lipinski definition) is 1. The molecular weight excluding hydrogens is 232 g/mol. The lowest BCUT2D eigenvalue weighted by Gasteiger charge is -2.35. The summed E-state index contributed by atoms with van der Waals surface area (Å²) in [6.45, 7) is 4.60. The number of nitrogens with zero attached hydrogens (tertiary/aromatic N) is 3. The van der Waals surface area contributed by atoms with E-state index in [9.17, 15) is 0 Å². The van der Waals surface area contributed by atoms with Crippen LogP contribution in [0.3, 0.4) is 0 Å². The lowest BCUT2D eigenvalue weighted by molar-refractivity contribution is 0.206. The average molecular weight is 252 g/mol. The third-order valence-electron chi connectivity index (χ3n) is 3.29. The minimum absolute atomic E-state index is 0.524. The molecule has 4 nitrogen and oxygen atoms in total. The molecule has 0 radical (unpaired) electrons. The van der Waals surface area contributed by atoms with Crippen LogP contribution < -0.4 is 5.32 Å². The lowest BCUT2D eigenvalue weighted by Crippen LogP contribution is -2.43. The normalized spacial score (nSPS) is 25.8. The van der Waals surface area contributed by atoms with Crippen molar-refractivity contribution in [2.24, 2.45) is 5.92 Å². The molecule has 5 heteroatoms. The maximum absolute atomic E-state index is 4.29. The van der Waals surface area contributed by atoms with Crippen LogP contribution in [0.25, 0.3) is 0 Å². The number of anilines is 1. The second-order valence-corrected chi connectivity index (χ2v) is 5.55. The second-order valence-electron chi connectivity index (χ2n) is 4.72. The summed E-state index contributed by atoms with van der Waals surface area (Å²) < 4.78 is 0. The summed E-state index contributed by atoms with van der Waals surface area (Å²) in [5, 5.41) is 4.55. The van der Waals surface area contributed by atoms with Gasteiger partial charge in [0, 0.05) is 18.7 Å². The van der Waals surface area contributed by atoms with Gasteiger partial charge in [0.25, 0.3) is 0 Å². The molecule has 1 aromatic rings. The van der Waals surface area contributed by atoms with E-state index in [4.69, 9.17) is 0 Å². The summed E-state index contributed by atoms with van der Waals surface area (Å²) in [6.07, 6.45) is 4.84. The standard InChI is InChI=1S/C12H20N4S/c1-9-7-16(2)5-4-10(9)15-11-6-12(17-3)14-8-13-11/h6,8-10H,4-5,7H2,1-3H3,(H,13,14,15). The Hall–Kier alpha value is -0.810. The minimum atomic E-state index is 0.524. The maximum Gasteiger partial charge on any atom is 0.130 e. The molecule has 0 spiro atoms. The topological polar surface area (TPSA) is 41.0 Å². The van der Waals surface area contributed by atoms with Gasteiger partial charge in [0.2, 0.25) is 0 Å². The second kappa shape index (κ2) is 5.69. The number of rotatable bonds is 3. The highest BCUT2D eigenvalue weighted by molar-refractivity contribution is 7.98. The van der Waals surface area contributed by atoms with Crippen molar-refractivity contribution in [1.29, 1.82) is 0 Å². The predicted octanol–water partition coefficient (Wildman–Crippen LogP) is 1.95. The Morgan fingerprint density at radius 1 is 1.47 bits per heavy atom. The van der Waals surface area contributed by atoms with Crippen molar-refractivity contribution in [1.82, 2.24) is 14.9 Å². The van der Waals surface area contributed by atoms with Gasteiger partial charge in [0.15, 0.2) is 0 Å². The number of thioether (sulfide) groups is 1. The van der Waals surface area contributed by atoms with Gasteiger partial charge in [-0.1, -0.05) is 6.92 Å². The van der Waals surface area contributed by atoms with Crippen LogP contribution in [-0.2, 0) is 0 Å². The van der Waals surface area contributed by atoms with E-state index in [0.29, 0.717) is 12.0 Å². The van der Waals surface area contributed by atoms with Crippen LogP contribution in [0, 0.1) is 5.92 Å². The average Bonchev–Trinajstić information content (AvgIpc) is 2.33. The zero-order chi connectivity index (χ0) is 12.3. The molecule has 0 aliphatic carbocycles. The van der Waals surface area contributed by atoms with Gasteiger partial charge in [-0.25, -0.2) is 9.97 Å². The van der Waals surface area contributed by atoms with Gasteiger partial charge in [-0.15, -0.1) is 11.8 Å². The largest absolute Gasteiger partial charge is 0.367 e. The molecule has 1 aliphatic rings. The van der Waals surface area contributed by atoms with E-state index in [1.165, 1.54) is 6.42 Å². The van der Waals surface area contributed by atoms with Crippen LogP contribution in [-0.4, -0.2) is 47.3 Å². The van der Waals surface area contributed by atoms with Crippen LogP contribution in [0.15, 0.2) is 17.4 Å². The molecule has 2 heterocycles. The van der Waals surface area contributed by atoms with Gasteiger partial charge in [-0.05, 0) is 32.2 Å². The van der Waals surface area contributed by atoms with E-state index < -0.39 is 0 Å². The molecular formula is C12H20N4S. The number of likely N-dealkylation sites (tertiary alicyclic amines) is 1. The third kappa shape index (κ3) is 3.33. The summed E-state index contributed by atoms with van der Waals surface area (Å²) >= 11 is 1.65. The predicted molar refractivity (Wildman–Crippen MR) is 72.5 cm³/mol. The van der Waals surface area contributed by atoms with Crippen molar-refractivity contribution in [2.75, 3.05) is 31.7 Å². The molecule has 2 unspecified atom stereocenters. The van der Waals surface area contributed by atoms with Gasteiger partial charge < -0.3 is 10.2 Å². The molecule has 0 aromatic carbocycles. The van der Waals surface area contributed by atoms with Gasteiger partial charge in [-0.2, -0.15) is 0 Å². The first kappa shape index (κ1) is 12.6. The maximum atomic E-state index is 4.29. The highest BCUT2D eigenvalue weighted by Gasteiger charge is 2.24. The lowest BCUT2D eigenvalue weighted by atomic mass is 9.94. The molecule has 0 bridgehead atoms. The molecule has 1 aliphatic heterocycles. The zero-order valence-corrected chi connectivity index (χ0v) is 11.5. The molecule has 1 aromatic heterocycles. The molecule has 17 heavy (non-hydrogen) atoms. The van der Waals surface area contributed by atoms with E-state index in [1.54, 1.807) is 18.1 Å². The van der Waals surface area contributed by atoms with Crippen LogP contribution in [0.1, 0.15) is 13.3 Å². The Labute approximate surface area is 107 Å². The molecule has 0 saturated carbocycles. The number of nitrogens with one attached hydrogen (secondary N) is 1. The van der Waals surface area contributed by atoms with Gasteiger partial charge >= 0.3 is 0 Å². The first-order valence-electron chi connectivity index (χ1n) is 6.00. The Morgan fingerprint density at radius 3 is 3.00 bits per heavy atom. The highest BCUT2D eigenvalue weighted by Crippen LogP contribution is 2.21. The fourth-order valence-electron chi connectivity index (χ4n) is 2.29. The molecule has 2 atom stereocenters. The Bertz CT molecular complexity index is 371. The SMILES string of the molecule is CSc1cc(NC2CCN(C)CC2C)ncn1. The zero-order valence-electron chi connectivity index (χ0n) is 10.7. The van der Waals surface area contributed by atoms with Crippen molar-refractivity contribution < 1.29 is 0 Å². The molecule has 94 valence electrons. The van der Waals surface area contributed by atoms with Crippen LogP contribution >= 0.6 is 11.8 Å². The van der Waals surface area contributed by atoms with Crippen molar-refractivity contribution in [3.8, 4) is 0 Å². The van der Waals surface area contributed by atoms with E-state index in [2.05, 4.69) is 34.2 Å². The third-order valence-corrected chi connectivity index (χ3v) is 3.93. The fraction of sp³-hybridized carbons (Fsp3) is 0.667. The first-order chi connectivity index (χ1) is 8.19. The Kier molecular flexibility index (Phi) is 4.23. The fourth-order valence-corrected chi connectivity index (χ4v) is 2.67. The van der Waals surface area contributed by atoms with E-state index in [0.717, 1.165) is 23.9 Å². The summed E-state index contributed by atoms with van der Waals surface area (Å²) in [5.41, 5.74) is 0. The van der Waals surface area contributed by atoms with Crippen molar-refractivity contribution in [3.05, 3.63) is 12.4 Å². The minimum Gasteiger partial charge on any atom is -0.367 e. The molecule has 1 saturated heterocycles. The van der Waals surface area contributed by atoms with Gasteiger partial charge in [0.05, 0.1) is 0 Å². The van der Waals surface area contributed by atoms with Gasteiger partial charge in [-0.3, -0.25) is 0 Å². The first-order valence-corrected chi connectivity index (χ1v) is 7.22. The monoisotopic (exact) mass is 252 g/mol. The Morgan fingerprint density at radius 2 is 2.29 bits per heavy atom. The van der Waals surface area contributed by atoms with E-state index in [-0.39, 0.29) is 0 Å². The summed E-state index contributed by atoms with van der Waals surface area (Å²) in [7, 11) is 2.18. The molecule has 2 rings (SSSR count). The molecule has 1 fully saturated rings. The van der Waals surface area contributed by atoms with Crippen molar-refractivity contribution in [3.63, 3.8) is 0 Å². The summed E-state index contributed by atoms with van der Waals surface area (Å²) in [5.74, 6) is 1.60. The van der Waals surface area contributed by atoms with E-state index in [1.807, 2.05) is 12.3 Å². The van der Waals surface area contributed by atoms with Crippen molar-refractivity contribution in [2.45, 2.75) is 24.4 Å². The molecule has 1 N–H and O–H groups in total. The van der Waals surface area contributed by atoms with E-state index >= 15 is 0 Å². The smallest absolute Gasteiger partial charge is 0.130 e. The highest BCUT2D eigenvalue weighted by atomic mass is 32.2. The number of hydrogen-bond acceptors (Lipinski definition) is 5. The Balaban J connectivity index is 2.00. The summed E-state index contributed by atoms with van der Waals surface area (Å²) in [4.78, 5) is 10.9. The van der Waals surface area contributed by atoms with Gasteiger partial charge in [0.1, 0.15) is 17.2 Å². The molecule has 0 amide bonds. The van der Waals surface area contributed by atoms with Crippen molar-refractivity contribution >= 4 is 17.6 Å². The number of piperidine rings is 1. The summed E-state index contributed by atoms with van der Waals surface area (Å²) in [6, 6.07) is 2.55. The van der Waals surface area contributed by atoms with Crippen LogP contribution in [0.2, 0.25) is 0 Å². The van der Waals surface area contributed by atoms with Crippen LogP contribution in [0.5, 0.6) is 0 Å². The number of aromatic nitrogens is 2.